The van der Waals surface area contributed by atoms with Gasteiger partial charge in [-0.25, -0.2) is 0 Å². The first-order chi connectivity index (χ1) is 10.6. The van der Waals surface area contributed by atoms with Gasteiger partial charge >= 0.3 is 0 Å². The molecule has 5 nitrogen and oxygen atoms in total. The molecular weight excluding hydrogens is 382 g/mol. The van der Waals surface area contributed by atoms with E-state index in [2.05, 4.69) is 26.6 Å². The van der Waals surface area contributed by atoms with Crippen LogP contribution in [0.15, 0.2) is 28.7 Å². The van der Waals surface area contributed by atoms with Gasteiger partial charge in [0, 0.05) is 29.0 Å². The van der Waals surface area contributed by atoms with E-state index in [0.717, 1.165) is 23.7 Å². The van der Waals surface area contributed by atoms with Crippen LogP contribution in [-0.2, 0) is 4.79 Å². The van der Waals surface area contributed by atoms with Crippen LogP contribution in [0, 0.1) is 5.92 Å². The Labute approximate surface area is 151 Å². The zero-order valence-electron chi connectivity index (χ0n) is 12.9. The zero-order chi connectivity index (χ0) is 15.9. The Kier molecular flexibility index (Phi) is 8.58. The van der Waals surface area contributed by atoms with Crippen molar-refractivity contribution in [3.8, 4) is 0 Å². The number of carbonyl (C=O) groups is 2. The summed E-state index contributed by atoms with van der Waals surface area (Å²) in [6, 6.07) is 7.30. The van der Waals surface area contributed by atoms with Crippen LogP contribution in [0.25, 0.3) is 0 Å². The number of benzene rings is 1. The molecule has 0 aromatic heterocycles. The van der Waals surface area contributed by atoms with Gasteiger partial charge in [0.25, 0.3) is 5.91 Å². The number of halogens is 2. The van der Waals surface area contributed by atoms with Crippen molar-refractivity contribution in [3.63, 3.8) is 0 Å². The van der Waals surface area contributed by atoms with E-state index in [1.54, 1.807) is 12.1 Å². The van der Waals surface area contributed by atoms with Gasteiger partial charge in [0.05, 0.1) is 0 Å². The fourth-order valence-corrected chi connectivity index (χ4v) is 3.05. The highest BCUT2D eigenvalue weighted by Crippen LogP contribution is 2.24. The minimum atomic E-state index is -0.166. The molecule has 2 rings (SSSR count). The average molecular weight is 405 g/mol. The van der Waals surface area contributed by atoms with Crippen LogP contribution in [0.5, 0.6) is 0 Å². The van der Waals surface area contributed by atoms with Crippen LogP contribution in [0.2, 0.25) is 0 Å². The van der Waals surface area contributed by atoms with Crippen molar-refractivity contribution < 1.29 is 9.59 Å². The largest absolute Gasteiger partial charge is 0.353 e. The third-order valence-electron chi connectivity index (χ3n) is 4.05. The second kappa shape index (κ2) is 9.90. The van der Waals surface area contributed by atoms with Crippen LogP contribution in [-0.4, -0.2) is 30.9 Å². The van der Waals surface area contributed by atoms with Gasteiger partial charge in [-0.3, -0.25) is 9.59 Å². The van der Waals surface area contributed by atoms with Gasteiger partial charge in [-0.05, 0) is 49.6 Å². The molecular formula is C16H23BrClN3O2. The van der Waals surface area contributed by atoms with Crippen LogP contribution >= 0.6 is 28.3 Å². The highest BCUT2D eigenvalue weighted by Gasteiger charge is 2.27. The third-order valence-corrected chi connectivity index (χ3v) is 4.58. The van der Waals surface area contributed by atoms with E-state index in [-0.39, 0.29) is 36.7 Å². The first kappa shape index (κ1) is 19.9. The van der Waals surface area contributed by atoms with E-state index >= 15 is 0 Å². The molecule has 1 aromatic rings. The SMILES string of the molecule is Cl.NCC1CCCC1NC(=O)CCNC(=O)c1ccc(Br)cc1. The average Bonchev–Trinajstić information content (AvgIpc) is 2.95. The van der Waals surface area contributed by atoms with Gasteiger partial charge in [-0.15, -0.1) is 12.4 Å². The number of amides is 2. The Hall–Kier alpha value is -1.11. The molecule has 0 aliphatic heterocycles. The molecule has 0 radical (unpaired) electrons. The Bertz CT molecular complexity index is 525. The summed E-state index contributed by atoms with van der Waals surface area (Å²) in [5.74, 6) is 0.198. The molecule has 0 bridgehead atoms. The third kappa shape index (κ3) is 6.12. The molecule has 1 aromatic carbocycles. The molecule has 0 heterocycles. The maximum absolute atomic E-state index is 11.9. The summed E-state index contributed by atoms with van der Waals surface area (Å²) < 4.78 is 0.925. The molecule has 0 spiro atoms. The summed E-state index contributed by atoms with van der Waals surface area (Å²) in [6.45, 7) is 0.950. The van der Waals surface area contributed by atoms with Gasteiger partial charge in [0.1, 0.15) is 0 Å². The number of hydrogen-bond donors (Lipinski definition) is 3. The summed E-state index contributed by atoms with van der Waals surface area (Å²) in [4.78, 5) is 23.8. The Morgan fingerprint density at radius 3 is 2.57 bits per heavy atom. The minimum absolute atomic E-state index is 0. The molecule has 2 atom stereocenters. The number of nitrogens with two attached hydrogens (primary N) is 1. The van der Waals surface area contributed by atoms with Crippen molar-refractivity contribution in [3.05, 3.63) is 34.3 Å². The normalized spacial score (nSPS) is 19.7. The fourth-order valence-electron chi connectivity index (χ4n) is 2.78. The summed E-state index contributed by atoms with van der Waals surface area (Å²) in [6.07, 6.45) is 3.49. The summed E-state index contributed by atoms with van der Waals surface area (Å²) >= 11 is 3.32. The highest BCUT2D eigenvalue weighted by molar-refractivity contribution is 9.10. The summed E-state index contributed by atoms with van der Waals surface area (Å²) in [5.41, 5.74) is 6.29. The van der Waals surface area contributed by atoms with E-state index in [0.29, 0.717) is 24.6 Å². The van der Waals surface area contributed by atoms with E-state index in [4.69, 9.17) is 5.73 Å². The Morgan fingerprint density at radius 1 is 1.22 bits per heavy atom. The predicted molar refractivity (Wildman–Crippen MR) is 96.7 cm³/mol. The maximum atomic E-state index is 11.9. The van der Waals surface area contributed by atoms with E-state index < -0.39 is 0 Å². The zero-order valence-corrected chi connectivity index (χ0v) is 15.3. The predicted octanol–water partition coefficient (Wildman–Crippen LogP) is 2.23. The molecule has 1 fully saturated rings. The highest BCUT2D eigenvalue weighted by atomic mass is 79.9. The second-order valence-corrected chi connectivity index (χ2v) is 6.53. The van der Waals surface area contributed by atoms with Gasteiger partial charge in [-0.2, -0.15) is 0 Å². The van der Waals surface area contributed by atoms with Gasteiger partial charge in [0.2, 0.25) is 5.91 Å². The quantitative estimate of drug-likeness (QED) is 0.680. The van der Waals surface area contributed by atoms with Crippen molar-refractivity contribution in [2.45, 2.75) is 31.7 Å². The number of carbonyl (C=O) groups excluding carboxylic acids is 2. The van der Waals surface area contributed by atoms with Gasteiger partial charge < -0.3 is 16.4 Å². The topological polar surface area (TPSA) is 84.2 Å². The van der Waals surface area contributed by atoms with Crippen LogP contribution in [0.4, 0.5) is 0 Å². The molecule has 4 N–H and O–H groups in total. The smallest absolute Gasteiger partial charge is 0.251 e. The van der Waals surface area contributed by atoms with E-state index in [1.165, 1.54) is 0 Å². The standard InChI is InChI=1S/C16H22BrN3O2.ClH/c17-13-6-4-11(5-7-13)16(22)19-9-8-15(21)20-14-3-1-2-12(14)10-18;/h4-7,12,14H,1-3,8-10,18H2,(H,19,22)(H,20,21);1H. The van der Waals surface area contributed by atoms with Crippen LogP contribution in [0.1, 0.15) is 36.0 Å². The van der Waals surface area contributed by atoms with Crippen LogP contribution in [0.3, 0.4) is 0 Å². The van der Waals surface area contributed by atoms with Gasteiger partial charge in [-0.1, -0.05) is 22.4 Å². The van der Waals surface area contributed by atoms with Crippen LogP contribution < -0.4 is 16.4 Å². The lowest BCUT2D eigenvalue weighted by Gasteiger charge is -2.19. The number of rotatable bonds is 6. The first-order valence-corrected chi connectivity index (χ1v) is 8.42. The monoisotopic (exact) mass is 403 g/mol. The molecule has 1 saturated carbocycles. The molecule has 2 amide bonds. The van der Waals surface area contributed by atoms with E-state index in [1.807, 2.05) is 12.1 Å². The van der Waals surface area contributed by atoms with Crippen molar-refractivity contribution in [1.29, 1.82) is 0 Å². The van der Waals surface area contributed by atoms with Gasteiger partial charge in [0.15, 0.2) is 0 Å². The van der Waals surface area contributed by atoms with Crippen molar-refractivity contribution in [1.82, 2.24) is 10.6 Å². The maximum Gasteiger partial charge on any atom is 0.251 e. The Balaban J connectivity index is 0.00000264. The first-order valence-electron chi connectivity index (χ1n) is 7.63. The lowest BCUT2D eigenvalue weighted by molar-refractivity contribution is -0.121. The molecule has 23 heavy (non-hydrogen) atoms. The molecule has 1 aliphatic carbocycles. The summed E-state index contributed by atoms with van der Waals surface area (Å²) in [5, 5.41) is 5.78. The molecule has 128 valence electrons. The fraction of sp³-hybridized carbons (Fsp3) is 0.500. The van der Waals surface area contributed by atoms with E-state index in [9.17, 15) is 9.59 Å². The number of hydrogen-bond acceptors (Lipinski definition) is 3. The second-order valence-electron chi connectivity index (χ2n) is 5.61. The lowest BCUT2D eigenvalue weighted by atomic mass is 10.0. The molecule has 0 saturated heterocycles. The molecule has 1 aliphatic rings. The molecule has 2 unspecified atom stereocenters. The Morgan fingerprint density at radius 2 is 1.91 bits per heavy atom. The number of nitrogens with one attached hydrogen (secondary N) is 2. The van der Waals surface area contributed by atoms with Crippen molar-refractivity contribution >= 4 is 40.2 Å². The minimum Gasteiger partial charge on any atom is -0.353 e. The lowest BCUT2D eigenvalue weighted by Crippen LogP contribution is -2.41. The summed E-state index contributed by atoms with van der Waals surface area (Å²) in [7, 11) is 0. The van der Waals surface area contributed by atoms with Crippen molar-refractivity contribution in [2.75, 3.05) is 13.1 Å². The molecule has 7 heteroatoms. The van der Waals surface area contributed by atoms with Crippen molar-refractivity contribution in [2.24, 2.45) is 11.7 Å².